The van der Waals surface area contributed by atoms with Crippen molar-refractivity contribution in [3.8, 4) is 22.8 Å². The van der Waals surface area contributed by atoms with Crippen LogP contribution in [0.5, 0.6) is 11.5 Å². The van der Waals surface area contributed by atoms with Crippen molar-refractivity contribution in [2.45, 2.75) is 45.6 Å². The van der Waals surface area contributed by atoms with Crippen molar-refractivity contribution in [2.75, 3.05) is 12.4 Å². The second-order valence-corrected chi connectivity index (χ2v) is 9.03. The van der Waals surface area contributed by atoms with Crippen LogP contribution in [0.25, 0.3) is 11.3 Å². The number of carbonyl (C=O) groups excluding carboxylic acids is 2. The number of aromatic nitrogens is 2. The third kappa shape index (κ3) is 5.57. The number of rotatable bonds is 8. The molecule has 4 rings (SSSR count). The van der Waals surface area contributed by atoms with Gasteiger partial charge in [0.25, 0.3) is 0 Å². The zero-order chi connectivity index (χ0) is 24.2. The molecule has 1 heterocycles. The molecule has 1 aromatic heterocycles. The Hall–Kier alpha value is -3.81. The average molecular weight is 463 g/mol. The SMILES string of the molecule is COc1ccc(CNC(=O)n2nc(-c3ccc(NC(=O)CC(C)C)cc3O)cc2C2CC2)cc1. The summed E-state index contributed by atoms with van der Waals surface area (Å²) in [6.07, 6.45) is 2.41. The molecule has 0 aliphatic heterocycles. The highest BCUT2D eigenvalue weighted by atomic mass is 16.5. The van der Waals surface area contributed by atoms with Crippen LogP contribution in [0.4, 0.5) is 10.5 Å². The van der Waals surface area contributed by atoms with Crippen molar-refractivity contribution in [1.29, 1.82) is 0 Å². The summed E-state index contributed by atoms with van der Waals surface area (Å²) in [7, 11) is 1.61. The van der Waals surface area contributed by atoms with Gasteiger partial charge in [0.2, 0.25) is 5.91 Å². The van der Waals surface area contributed by atoms with Gasteiger partial charge >= 0.3 is 6.03 Å². The van der Waals surface area contributed by atoms with Crippen molar-refractivity contribution in [3.05, 3.63) is 59.8 Å². The molecular weight excluding hydrogens is 432 g/mol. The Labute approximate surface area is 198 Å². The molecule has 2 aromatic carbocycles. The van der Waals surface area contributed by atoms with Crippen LogP contribution in [0.1, 0.15) is 50.3 Å². The first-order valence-corrected chi connectivity index (χ1v) is 11.5. The maximum Gasteiger partial charge on any atom is 0.342 e. The van der Waals surface area contributed by atoms with Gasteiger partial charge in [-0.15, -0.1) is 0 Å². The maximum atomic E-state index is 12.9. The Balaban J connectivity index is 1.50. The number of anilines is 1. The van der Waals surface area contributed by atoms with Crippen LogP contribution < -0.4 is 15.4 Å². The molecule has 1 aliphatic rings. The summed E-state index contributed by atoms with van der Waals surface area (Å²) in [5.41, 5.74) is 3.31. The van der Waals surface area contributed by atoms with Gasteiger partial charge in [0.1, 0.15) is 11.5 Å². The van der Waals surface area contributed by atoms with Gasteiger partial charge in [0.05, 0.1) is 18.5 Å². The maximum absolute atomic E-state index is 12.9. The summed E-state index contributed by atoms with van der Waals surface area (Å²) < 4.78 is 6.56. The molecule has 0 bridgehead atoms. The number of nitrogens with one attached hydrogen (secondary N) is 2. The molecule has 8 heteroatoms. The predicted molar refractivity (Wildman–Crippen MR) is 130 cm³/mol. The number of hydrogen-bond donors (Lipinski definition) is 3. The molecule has 0 atom stereocenters. The van der Waals surface area contributed by atoms with Crippen molar-refractivity contribution in [2.24, 2.45) is 5.92 Å². The zero-order valence-electron chi connectivity index (χ0n) is 19.7. The fourth-order valence-electron chi connectivity index (χ4n) is 3.76. The highest BCUT2D eigenvalue weighted by Gasteiger charge is 2.30. The normalized spacial score (nSPS) is 13.1. The smallest absolute Gasteiger partial charge is 0.342 e. The summed E-state index contributed by atoms with van der Waals surface area (Å²) in [4.78, 5) is 25.0. The highest BCUT2D eigenvalue weighted by molar-refractivity contribution is 5.91. The van der Waals surface area contributed by atoms with E-state index in [9.17, 15) is 14.7 Å². The lowest BCUT2D eigenvalue weighted by Gasteiger charge is -2.09. The Bertz CT molecular complexity index is 1180. The molecule has 1 aliphatic carbocycles. The van der Waals surface area contributed by atoms with E-state index in [1.807, 2.05) is 44.2 Å². The highest BCUT2D eigenvalue weighted by Crippen LogP contribution is 2.42. The summed E-state index contributed by atoms with van der Waals surface area (Å²) in [6, 6.07) is 14.0. The van der Waals surface area contributed by atoms with Crippen LogP contribution in [0.15, 0.2) is 48.5 Å². The molecule has 34 heavy (non-hydrogen) atoms. The predicted octanol–water partition coefficient (Wildman–Crippen LogP) is 4.88. The molecule has 1 fully saturated rings. The minimum absolute atomic E-state index is 0.00650. The summed E-state index contributed by atoms with van der Waals surface area (Å²) in [5.74, 6) is 1.18. The van der Waals surface area contributed by atoms with E-state index < -0.39 is 0 Å². The average Bonchev–Trinajstić information content (AvgIpc) is 3.56. The lowest BCUT2D eigenvalue weighted by molar-refractivity contribution is -0.116. The number of carbonyl (C=O) groups is 2. The summed E-state index contributed by atoms with van der Waals surface area (Å²) in [5, 5.41) is 20.8. The fraction of sp³-hybridized carbons (Fsp3) is 0.346. The lowest BCUT2D eigenvalue weighted by Crippen LogP contribution is -2.30. The van der Waals surface area contributed by atoms with Crippen LogP contribution in [-0.2, 0) is 11.3 Å². The summed E-state index contributed by atoms with van der Waals surface area (Å²) >= 11 is 0. The van der Waals surface area contributed by atoms with E-state index in [2.05, 4.69) is 15.7 Å². The first kappa shape index (κ1) is 23.4. The van der Waals surface area contributed by atoms with Gasteiger partial charge in [-0.2, -0.15) is 9.78 Å². The number of nitrogens with zero attached hydrogens (tertiary/aromatic N) is 2. The molecule has 3 N–H and O–H groups in total. The van der Waals surface area contributed by atoms with E-state index >= 15 is 0 Å². The number of aromatic hydroxyl groups is 1. The molecule has 0 radical (unpaired) electrons. The quantitative estimate of drug-likeness (QED) is 0.442. The van der Waals surface area contributed by atoms with Crippen molar-refractivity contribution in [3.63, 3.8) is 0 Å². The molecule has 178 valence electrons. The molecule has 1 saturated carbocycles. The number of amides is 2. The van der Waals surface area contributed by atoms with Gasteiger partial charge in [0, 0.05) is 36.2 Å². The van der Waals surface area contributed by atoms with Gasteiger partial charge in [-0.25, -0.2) is 4.79 Å². The van der Waals surface area contributed by atoms with Crippen molar-refractivity contribution in [1.82, 2.24) is 15.1 Å². The lowest BCUT2D eigenvalue weighted by atomic mass is 10.1. The van der Waals surface area contributed by atoms with Crippen LogP contribution in [-0.4, -0.2) is 33.9 Å². The number of hydrogen-bond acceptors (Lipinski definition) is 5. The second kappa shape index (κ2) is 9.99. The fourth-order valence-corrected chi connectivity index (χ4v) is 3.76. The Morgan fingerprint density at radius 1 is 1.15 bits per heavy atom. The molecule has 0 saturated heterocycles. The first-order chi connectivity index (χ1) is 16.3. The topological polar surface area (TPSA) is 105 Å². The van der Waals surface area contributed by atoms with E-state index in [4.69, 9.17) is 4.74 Å². The van der Waals surface area contributed by atoms with E-state index in [1.54, 1.807) is 19.2 Å². The number of phenols is 1. The Morgan fingerprint density at radius 3 is 2.50 bits per heavy atom. The zero-order valence-corrected chi connectivity index (χ0v) is 19.7. The second-order valence-electron chi connectivity index (χ2n) is 9.03. The minimum atomic E-state index is -0.318. The van der Waals surface area contributed by atoms with Crippen molar-refractivity contribution >= 4 is 17.6 Å². The van der Waals surface area contributed by atoms with Crippen LogP contribution >= 0.6 is 0 Å². The number of benzene rings is 2. The molecule has 0 unspecified atom stereocenters. The number of ether oxygens (including phenoxy) is 1. The van der Waals surface area contributed by atoms with E-state index in [0.29, 0.717) is 29.9 Å². The minimum Gasteiger partial charge on any atom is -0.507 e. The number of phenolic OH excluding ortho intramolecular Hbond substituents is 1. The van der Waals surface area contributed by atoms with E-state index in [1.165, 1.54) is 10.7 Å². The molecule has 8 nitrogen and oxygen atoms in total. The van der Waals surface area contributed by atoms with Gasteiger partial charge in [0.15, 0.2) is 0 Å². The number of methoxy groups -OCH3 is 1. The Morgan fingerprint density at radius 2 is 1.88 bits per heavy atom. The van der Waals surface area contributed by atoms with Crippen LogP contribution in [0, 0.1) is 5.92 Å². The summed E-state index contributed by atoms with van der Waals surface area (Å²) in [6.45, 7) is 4.31. The molecule has 3 aromatic rings. The van der Waals surface area contributed by atoms with Crippen LogP contribution in [0.2, 0.25) is 0 Å². The standard InChI is InChI=1S/C26H30N4O4/c1-16(2)12-25(32)28-19-8-11-21(24(31)13-19)22-14-23(18-6-7-18)30(29-22)26(33)27-15-17-4-9-20(34-3)10-5-17/h4-5,8-11,13-14,16,18,31H,6-7,12,15H2,1-3H3,(H,27,33)(H,28,32). The van der Waals surface area contributed by atoms with Gasteiger partial charge in [-0.1, -0.05) is 26.0 Å². The monoisotopic (exact) mass is 462 g/mol. The Kier molecular flexibility index (Phi) is 6.86. The third-order valence-corrected chi connectivity index (χ3v) is 5.68. The molecule has 2 amide bonds. The largest absolute Gasteiger partial charge is 0.507 e. The van der Waals surface area contributed by atoms with Crippen LogP contribution in [0.3, 0.4) is 0 Å². The van der Waals surface area contributed by atoms with E-state index in [-0.39, 0.29) is 29.5 Å². The first-order valence-electron chi connectivity index (χ1n) is 11.5. The third-order valence-electron chi connectivity index (χ3n) is 5.68. The van der Waals surface area contributed by atoms with Gasteiger partial charge in [-0.05, 0) is 54.7 Å². The van der Waals surface area contributed by atoms with Gasteiger partial charge in [-0.3, -0.25) is 4.79 Å². The van der Waals surface area contributed by atoms with Crippen molar-refractivity contribution < 1.29 is 19.4 Å². The molecule has 0 spiro atoms. The van der Waals surface area contributed by atoms with E-state index in [0.717, 1.165) is 29.8 Å². The van der Waals surface area contributed by atoms with Gasteiger partial charge < -0.3 is 20.5 Å². The molecular formula is C26H30N4O4.